The van der Waals surface area contributed by atoms with Crippen molar-refractivity contribution in [1.82, 2.24) is 9.80 Å². The fourth-order valence-corrected chi connectivity index (χ4v) is 6.00. The second kappa shape index (κ2) is 11.4. The quantitative estimate of drug-likeness (QED) is 0.417. The predicted molar refractivity (Wildman–Crippen MR) is 140 cm³/mol. The van der Waals surface area contributed by atoms with Gasteiger partial charge in [0.25, 0.3) is 5.91 Å². The van der Waals surface area contributed by atoms with Gasteiger partial charge in [-0.1, -0.05) is 18.2 Å². The van der Waals surface area contributed by atoms with Crippen molar-refractivity contribution in [3.63, 3.8) is 0 Å². The molecule has 0 aliphatic carbocycles. The standard InChI is InChI=1S/C29H31FN2O4S/c1-20-5-2-3-7-24(20)29(34)31(17-23-6-4-15-35-23)18-28(33)32-14-12-27-25(13-16-37-27)26(32)19-36-22-10-8-21(30)9-11-22/h2-3,5,7-11,13,16,23,26H,4,6,12,14-15,17-19H2,1H3/t23-,26+/m0/s1. The van der Waals surface area contributed by atoms with Gasteiger partial charge in [0, 0.05) is 30.1 Å². The maximum Gasteiger partial charge on any atom is 0.254 e. The number of aryl methyl sites for hydroxylation is 1. The maximum atomic E-state index is 13.8. The van der Waals surface area contributed by atoms with Gasteiger partial charge in [0.1, 0.15) is 24.7 Å². The zero-order valence-electron chi connectivity index (χ0n) is 20.9. The lowest BCUT2D eigenvalue weighted by Gasteiger charge is -2.37. The summed E-state index contributed by atoms with van der Waals surface area (Å²) in [7, 11) is 0. The van der Waals surface area contributed by atoms with Crippen LogP contribution in [0.5, 0.6) is 5.75 Å². The second-order valence-electron chi connectivity index (χ2n) is 9.55. The number of rotatable bonds is 8. The molecular weight excluding hydrogens is 491 g/mol. The van der Waals surface area contributed by atoms with Crippen molar-refractivity contribution < 1.29 is 23.5 Å². The number of nitrogens with zero attached hydrogens (tertiary/aromatic N) is 2. The first kappa shape index (κ1) is 25.4. The first-order valence-corrected chi connectivity index (χ1v) is 13.6. The summed E-state index contributed by atoms with van der Waals surface area (Å²) in [5, 5.41) is 2.04. The van der Waals surface area contributed by atoms with E-state index >= 15 is 0 Å². The van der Waals surface area contributed by atoms with Crippen LogP contribution in [-0.4, -0.2) is 60.6 Å². The number of carbonyl (C=O) groups is 2. The summed E-state index contributed by atoms with van der Waals surface area (Å²) in [4.78, 5) is 32.1. The van der Waals surface area contributed by atoms with Crippen LogP contribution in [0.1, 0.15) is 45.2 Å². The van der Waals surface area contributed by atoms with Gasteiger partial charge in [-0.05, 0) is 79.1 Å². The molecule has 0 saturated carbocycles. The summed E-state index contributed by atoms with van der Waals surface area (Å²) in [6, 6.07) is 15.1. The van der Waals surface area contributed by atoms with Gasteiger partial charge in [-0.15, -0.1) is 11.3 Å². The zero-order chi connectivity index (χ0) is 25.8. The summed E-state index contributed by atoms with van der Waals surface area (Å²) < 4.78 is 25.1. The van der Waals surface area contributed by atoms with Crippen molar-refractivity contribution >= 4 is 23.2 Å². The van der Waals surface area contributed by atoms with E-state index in [0.29, 0.717) is 31.0 Å². The van der Waals surface area contributed by atoms with E-state index in [2.05, 4.69) is 0 Å². The Kier molecular flexibility index (Phi) is 7.86. The molecule has 2 amide bonds. The highest BCUT2D eigenvalue weighted by Gasteiger charge is 2.34. The minimum absolute atomic E-state index is 0.0282. The van der Waals surface area contributed by atoms with Crippen LogP contribution in [0, 0.1) is 12.7 Å². The van der Waals surface area contributed by atoms with E-state index in [0.717, 1.165) is 30.4 Å². The van der Waals surface area contributed by atoms with E-state index < -0.39 is 0 Å². The molecule has 0 unspecified atom stereocenters. The minimum Gasteiger partial charge on any atom is -0.491 e. The van der Waals surface area contributed by atoms with Gasteiger partial charge in [-0.25, -0.2) is 4.39 Å². The van der Waals surface area contributed by atoms with Crippen LogP contribution in [0.15, 0.2) is 60.0 Å². The summed E-state index contributed by atoms with van der Waals surface area (Å²) in [5.41, 5.74) is 2.55. The van der Waals surface area contributed by atoms with Gasteiger partial charge in [-0.2, -0.15) is 0 Å². The van der Waals surface area contributed by atoms with Gasteiger partial charge in [0.2, 0.25) is 5.91 Å². The van der Waals surface area contributed by atoms with Gasteiger partial charge in [-0.3, -0.25) is 9.59 Å². The number of hydrogen-bond donors (Lipinski definition) is 0. The van der Waals surface area contributed by atoms with Crippen LogP contribution in [0.3, 0.4) is 0 Å². The monoisotopic (exact) mass is 522 g/mol. The van der Waals surface area contributed by atoms with Crippen molar-refractivity contribution in [2.45, 2.75) is 38.3 Å². The maximum absolute atomic E-state index is 13.8. The molecular formula is C29H31FN2O4S. The normalized spacial score (nSPS) is 18.9. The molecule has 2 aliphatic rings. The molecule has 2 aliphatic heterocycles. The predicted octanol–water partition coefficient (Wildman–Crippen LogP) is 5.02. The molecule has 37 heavy (non-hydrogen) atoms. The number of benzene rings is 2. The lowest BCUT2D eigenvalue weighted by molar-refractivity contribution is -0.135. The Balaban J connectivity index is 1.36. The number of halogens is 1. The van der Waals surface area contributed by atoms with Crippen LogP contribution in [0.25, 0.3) is 0 Å². The van der Waals surface area contributed by atoms with Gasteiger partial charge in [0.05, 0.1) is 12.1 Å². The Morgan fingerprint density at radius 1 is 1.16 bits per heavy atom. The molecule has 3 aromatic rings. The van der Waals surface area contributed by atoms with Crippen molar-refractivity contribution in [3.8, 4) is 5.75 Å². The first-order valence-electron chi connectivity index (χ1n) is 12.7. The fourth-order valence-electron chi connectivity index (χ4n) is 5.07. The molecule has 1 fully saturated rings. The molecule has 3 heterocycles. The smallest absolute Gasteiger partial charge is 0.254 e. The molecule has 1 aromatic heterocycles. The van der Waals surface area contributed by atoms with E-state index in [1.807, 2.05) is 47.5 Å². The number of amides is 2. The summed E-state index contributed by atoms with van der Waals surface area (Å²) in [6.45, 7) is 3.74. The second-order valence-corrected chi connectivity index (χ2v) is 10.6. The summed E-state index contributed by atoms with van der Waals surface area (Å²) >= 11 is 1.68. The lowest BCUT2D eigenvalue weighted by Crippen LogP contribution is -2.49. The number of hydrogen-bond acceptors (Lipinski definition) is 5. The lowest BCUT2D eigenvalue weighted by atomic mass is 10.00. The third-order valence-corrected chi connectivity index (χ3v) is 8.07. The average Bonchev–Trinajstić information content (AvgIpc) is 3.60. The van der Waals surface area contributed by atoms with Crippen molar-refractivity contribution in [2.24, 2.45) is 0 Å². The number of carbonyl (C=O) groups excluding carboxylic acids is 2. The third kappa shape index (κ3) is 5.86. The molecule has 0 radical (unpaired) electrons. The van der Waals surface area contributed by atoms with Crippen molar-refractivity contribution in [1.29, 1.82) is 0 Å². The Labute approximate surface area is 220 Å². The third-order valence-electron chi connectivity index (χ3n) is 7.07. The minimum atomic E-state index is -0.327. The van der Waals surface area contributed by atoms with Crippen LogP contribution in [-0.2, 0) is 16.0 Å². The van der Waals surface area contributed by atoms with Crippen LogP contribution in [0.4, 0.5) is 4.39 Å². The number of thiophene rings is 1. The van der Waals surface area contributed by atoms with E-state index in [1.165, 1.54) is 17.0 Å². The highest BCUT2D eigenvalue weighted by atomic mass is 32.1. The van der Waals surface area contributed by atoms with Gasteiger partial charge >= 0.3 is 0 Å². The fraction of sp³-hybridized carbons (Fsp3) is 0.379. The van der Waals surface area contributed by atoms with E-state index in [-0.39, 0.29) is 42.9 Å². The molecule has 0 bridgehead atoms. The van der Waals surface area contributed by atoms with Gasteiger partial charge in [0.15, 0.2) is 0 Å². The molecule has 1 saturated heterocycles. The number of ether oxygens (including phenoxy) is 2. The van der Waals surface area contributed by atoms with Crippen molar-refractivity contribution in [3.05, 3.63) is 87.4 Å². The van der Waals surface area contributed by atoms with Crippen LogP contribution in [0.2, 0.25) is 0 Å². The average molecular weight is 523 g/mol. The molecule has 8 heteroatoms. The summed E-state index contributed by atoms with van der Waals surface area (Å²) in [5.74, 6) is -0.0590. The molecule has 194 valence electrons. The SMILES string of the molecule is Cc1ccccc1C(=O)N(CC(=O)N1CCc2sccc2[C@H]1COc1ccc(F)cc1)C[C@@H]1CCCO1. The Hall–Kier alpha value is -3.23. The van der Waals surface area contributed by atoms with Crippen LogP contribution < -0.4 is 4.74 Å². The van der Waals surface area contributed by atoms with E-state index in [1.54, 1.807) is 28.4 Å². The summed E-state index contributed by atoms with van der Waals surface area (Å²) in [6.07, 6.45) is 2.54. The first-order chi connectivity index (χ1) is 18.0. The van der Waals surface area contributed by atoms with Crippen LogP contribution >= 0.6 is 11.3 Å². The van der Waals surface area contributed by atoms with Gasteiger partial charge < -0.3 is 19.3 Å². The molecule has 2 atom stereocenters. The largest absolute Gasteiger partial charge is 0.491 e. The Bertz CT molecular complexity index is 1240. The topological polar surface area (TPSA) is 59.1 Å². The van der Waals surface area contributed by atoms with E-state index in [9.17, 15) is 14.0 Å². The highest BCUT2D eigenvalue weighted by Crippen LogP contribution is 2.34. The Morgan fingerprint density at radius 2 is 1.97 bits per heavy atom. The molecule has 0 N–H and O–H groups in total. The number of fused-ring (bicyclic) bond motifs is 1. The highest BCUT2D eigenvalue weighted by molar-refractivity contribution is 7.10. The molecule has 2 aromatic carbocycles. The molecule has 5 rings (SSSR count). The van der Waals surface area contributed by atoms with Crippen molar-refractivity contribution in [2.75, 3.05) is 32.8 Å². The molecule has 0 spiro atoms. The van der Waals surface area contributed by atoms with E-state index in [4.69, 9.17) is 9.47 Å². The zero-order valence-corrected chi connectivity index (χ0v) is 21.7. The Morgan fingerprint density at radius 3 is 2.73 bits per heavy atom. The molecule has 6 nitrogen and oxygen atoms in total.